The molecule has 2 aromatic heterocycles. The second kappa shape index (κ2) is 5.82. The lowest BCUT2D eigenvalue weighted by atomic mass is 10.3. The van der Waals surface area contributed by atoms with Gasteiger partial charge in [0.15, 0.2) is 11.5 Å². The highest BCUT2D eigenvalue weighted by Gasteiger charge is 2.13. The number of fused-ring (bicyclic) bond motifs is 1. The summed E-state index contributed by atoms with van der Waals surface area (Å²) in [6.45, 7) is 4.52. The van der Waals surface area contributed by atoms with Gasteiger partial charge in [0, 0.05) is 32.3 Å². The zero-order chi connectivity index (χ0) is 13.9. The van der Waals surface area contributed by atoms with Crippen LogP contribution in [0.4, 0.5) is 0 Å². The van der Waals surface area contributed by atoms with Crippen LogP contribution in [0.25, 0.3) is 5.65 Å². The summed E-state index contributed by atoms with van der Waals surface area (Å²) in [6, 6.07) is 3.75. The molecule has 0 unspecified atom stereocenters. The van der Waals surface area contributed by atoms with Crippen LogP contribution in [0, 0.1) is 0 Å². The standard InChI is InChI=1S/C13H17N5OS/c14-12(20)10-2-1-4-18-13(10)15-11(16-18)3-5-17-6-8-19-9-7-17/h1-2,4H,3,5-9H2,(H2,14,20). The van der Waals surface area contributed by atoms with E-state index in [1.807, 2.05) is 18.3 Å². The lowest BCUT2D eigenvalue weighted by molar-refractivity contribution is 0.0382. The van der Waals surface area contributed by atoms with E-state index in [1.165, 1.54) is 0 Å². The molecule has 0 saturated carbocycles. The molecule has 20 heavy (non-hydrogen) atoms. The van der Waals surface area contributed by atoms with Gasteiger partial charge in [-0.15, -0.1) is 0 Å². The number of hydrogen-bond donors (Lipinski definition) is 1. The summed E-state index contributed by atoms with van der Waals surface area (Å²) in [6.07, 6.45) is 2.68. The fourth-order valence-corrected chi connectivity index (χ4v) is 2.49. The van der Waals surface area contributed by atoms with E-state index < -0.39 is 0 Å². The normalized spacial score (nSPS) is 16.6. The third kappa shape index (κ3) is 2.79. The smallest absolute Gasteiger partial charge is 0.165 e. The van der Waals surface area contributed by atoms with Crippen LogP contribution < -0.4 is 5.73 Å². The maximum atomic E-state index is 5.71. The number of ether oxygens (including phenoxy) is 1. The quantitative estimate of drug-likeness (QED) is 0.814. The SMILES string of the molecule is NC(=S)c1cccn2nc(CCN3CCOCC3)nc12. The Bertz CT molecular complexity index is 620. The Morgan fingerprint density at radius 1 is 1.40 bits per heavy atom. The molecule has 2 aromatic rings. The van der Waals surface area contributed by atoms with Crippen LogP contribution in [0.5, 0.6) is 0 Å². The van der Waals surface area contributed by atoms with Crippen LogP contribution in [-0.4, -0.2) is 57.3 Å². The highest BCUT2D eigenvalue weighted by molar-refractivity contribution is 7.80. The molecule has 1 aliphatic heterocycles. The third-order valence-corrected chi connectivity index (χ3v) is 3.65. The summed E-state index contributed by atoms with van der Waals surface area (Å²) in [5, 5.41) is 4.47. The van der Waals surface area contributed by atoms with E-state index in [0.717, 1.165) is 56.3 Å². The maximum Gasteiger partial charge on any atom is 0.165 e. The van der Waals surface area contributed by atoms with Crippen LogP contribution in [0.15, 0.2) is 18.3 Å². The average molecular weight is 291 g/mol. The van der Waals surface area contributed by atoms with E-state index >= 15 is 0 Å². The topological polar surface area (TPSA) is 68.7 Å². The summed E-state index contributed by atoms with van der Waals surface area (Å²) in [7, 11) is 0. The van der Waals surface area contributed by atoms with Crippen molar-refractivity contribution < 1.29 is 4.74 Å². The van der Waals surface area contributed by atoms with Gasteiger partial charge in [-0.3, -0.25) is 4.90 Å². The molecule has 106 valence electrons. The molecular formula is C13H17N5OS. The van der Waals surface area contributed by atoms with E-state index in [1.54, 1.807) is 4.52 Å². The van der Waals surface area contributed by atoms with E-state index in [2.05, 4.69) is 15.0 Å². The zero-order valence-corrected chi connectivity index (χ0v) is 12.0. The van der Waals surface area contributed by atoms with Gasteiger partial charge < -0.3 is 10.5 Å². The summed E-state index contributed by atoms with van der Waals surface area (Å²) >= 11 is 5.04. The Kier molecular flexibility index (Phi) is 3.90. The van der Waals surface area contributed by atoms with Crippen LogP contribution >= 0.6 is 12.2 Å². The first kappa shape index (κ1) is 13.4. The Morgan fingerprint density at radius 2 is 2.20 bits per heavy atom. The van der Waals surface area contributed by atoms with Crippen molar-refractivity contribution in [3.05, 3.63) is 29.7 Å². The van der Waals surface area contributed by atoms with Crippen LogP contribution in [0.3, 0.4) is 0 Å². The van der Waals surface area contributed by atoms with Crippen LogP contribution in [-0.2, 0) is 11.2 Å². The molecule has 0 radical (unpaired) electrons. The highest BCUT2D eigenvalue weighted by Crippen LogP contribution is 2.09. The van der Waals surface area contributed by atoms with Crippen molar-refractivity contribution in [1.29, 1.82) is 0 Å². The van der Waals surface area contributed by atoms with Crippen molar-refractivity contribution in [3.63, 3.8) is 0 Å². The van der Waals surface area contributed by atoms with Gasteiger partial charge in [-0.25, -0.2) is 9.50 Å². The lowest BCUT2D eigenvalue weighted by Crippen LogP contribution is -2.37. The molecular weight excluding hydrogens is 274 g/mol. The fourth-order valence-electron chi connectivity index (χ4n) is 2.33. The summed E-state index contributed by atoms with van der Waals surface area (Å²) in [5.74, 6) is 0.820. The first-order valence-corrected chi connectivity index (χ1v) is 7.09. The van der Waals surface area contributed by atoms with Gasteiger partial charge in [-0.1, -0.05) is 12.2 Å². The predicted molar refractivity (Wildman–Crippen MR) is 79.8 cm³/mol. The number of nitrogens with two attached hydrogens (primary N) is 1. The molecule has 0 bridgehead atoms. The maximum absolute atomic E-state index is 5.71. The molecule has 6 nitrogen and oxygen atoms in total. The summed E-state index contributed by atoms with van der Waals surface area (Å²) in [5.41, 5.74) is 7.21. The molecule has 3 rings (SSSR count). The fraction of sp³-hybridized carbons (Fsp3) is 0.462. The molecule has 2 N–H and O–H groups in total. The Hall–Kier alpha value is -1.57. The largest absolute Gasteiger partial charge is 0.389 e. The Morgan fingerprint density at radius 3 is 2.95 bits per heavy atom. The van der Waals surface area contributed by atoms with Crippen LogP contribution in [0.2, 0.25) is 0 Å². The minimum Gasteiger partial charge on any atom is -0.389 e. The number of nitrogens with zero attached hydrogens (tertiary/aromatic N) is 4. The highest BCUT2D eigenvalue weighted by atomic mass is 32.1. The molecule has 1 aliphatic rings. The first-order chi connectivity index (χ1) is 9.74. The van der Waals surface area contributed by atoms with Crippen molar-refractivity contribution in [1.82, 2.24) is 19.5 Å². The zero-order valence-electron chi connectivity index (χ0n) is 11.2. The molecule has 1 saturated heterocycles. The van der Waals surface area contributed by atoms with Crippen molar-refractivity contribution >= 4 is 22.9 Å². The molecule has 0 aromatic carbocycles. The number of aromatic nitrogens is 3. The molecule has 0 spiro atoms. The number of rotatable bonds is 4. The van der Waals surface area contributed by atoms with Gasteiger partial charge in [-0.05, 0) is 12.1 Å². The molecule has 1 fully saturated rings. The second-order valence-electron chi connectivity index (χ2n) is 4.79. The third-order valence-electron chi connectivity index (χ3n) is 3.43. The van der Waals surface area contributed by atoms with Gasteiger partial charge in [0.05, 0.1) is 18.8 Å². The van der Waals surface area contributed by atoms with Gasteiger partial charge >= 0.3 is 0 Å². The van der Waals surface area contributed by atoms with Crippen molar-refractivity contribution in [3.8, 4) is 0 Å². The Labute approximate surface area is 122 Å². The summed E-state index contributed by atoms with van der Waals surface area (Å²) < 4.78 is 7.08. The molecule has 0 aliphatic carbocycles. The van der Waals surface area contributed by atoms with Crippen LogP contribution in [0.1, 0.15) is 11.4 Å². The second-order valence-corrected chi connectivity index (χ2v) is 5.23. The minimum absolute atomic E-state index is 0.350. The first-order valence-electron chi connectivity index (χ1n) is 6.68. The van der Waals surface area contributed by atoms with Gasteiger partial charge in [0.2, 0.25) is 0 Å². The van der Waals surface area contributed by atoms with E-state index in [4.69, 9.17) is 22.7 Å². The van der Waals surface area contributed by atoms with Gasteiger partial charge in [0.1, 0.15) is 4.99 Å². The number of pyridine rings is 1. The molecule has 7 heteroatoms. The minimum atomic E-state index is 0.350. The van der Waals surface area contributed by atoms with Gasteiger partial charge in [0.25, 0.3) is 0 Å². The van der Waals surface area contributed by atoms with Gasteiger partial charge in [-0.2, -0.15) is 5.10 Å². The van der Waals surface area contributed by atoms with E-state index in [-0.39, 0.29) is 0 Å². The average Bonchev–Trinajstić information content (AvgIpc) is 2.88. The molecule has 0 atom stereocenters. The van der Waals surface area contributed by atoms with Crippen molar-refractivity contribution in [2.24, 2.45) is 5.73 Å². The van der Waals surface area contributed by atoms with E-state index in [0.29, 0.717) is 4.99 Å². The predicted octanol–water partition coefficient (Wildman–Crippen LogP) is 0.238. The molecule has 3 heterocycles. The van der Waals surface area contributed by atoms with Crippen molar-refractivity contribution in [2.75, 3.05) is 32.8 Å². The number of morpholine rings is 1. The van der Waals surface area contributed by atoms with Crippen molar-refractivity contribution in [2.45, 2.75) is 6.42 Å². The Balaban J connectivity index is 1.75. The molecule has 0 amide bonds. The number of hydrogen-bond acceptors (Lipinski definition) is 5. The van der Waals surface area contributed by atoms with E-state index in [9.17, 15) is 0 Å². The summed E-state index contributed by atoms with van der Waals surface area (Å²) in [4.78, 5) is 7.26. The lowest BCUT2D eigenvalue weighted by Gasteiger charge is -2.25. The number of thiocarbonyl (C=S) groups is 1. The monoisotopic (exact) mass is 291 g/mol.